The van der Waals surface area contributed by atoms with Crippen molar-refractivity contribution in [2.75, 3.05) is 11.9 Å². The van der Waals surface area contributed by atoms with E-state index < -0.39 is 35.5 Å². The molecule has 16 heteroatoms. The number of pyridine rings is 1. The summed E-state index contributed by atoms with van der Waals surface area (Å²) in [6.07, 6.45) is 2.72. The number of carbonyl (C=O) groups excluding carboxylic acids is 1. The fourth-order valence-corrected chi connectivity index (χ4v) is 5.88. The van der Waals surface area contributed by atoms with Crippen molar-refractivity contribution in [1.82, 2.24) is 19.7 Å². The Kier molecular flexibility index (Phi) is 12.7. The lowest BCUT2D eigenvalue weighted by Gasteiger charge is -2.32. The first-order valence-electron chi connectivity index (χ1n) is 14.1. The SMILES string of the molecule is CC(OC(=O)N(C)c1ncccc1CO)[n+]1cnn(CC(O)(c2cc(F)ccc2F)C(C)c2nc(-c3ccc(C#N)cc3)cs2)c1.Cl.[Cl-]. The number of halogens is 4. The van der Waals surface area contributed by atoms with Gasteiger partial charge in [0, 0.05) is 53.3 Å². The molecule has 48 heavy (non-hydrogen) atoms. The predicted molar refractivity (Wildman–Crippen MR) is 170 cm³/mol. The summed E-state index contributed by atoms with van der Waals surface area (Å²) in [5.74, 6) is -2.12. The number of amides is 1. The molecule has 0 saturated carbocycles. The van der Waals surface area contributed by atoms with Gasteiger partial charge in [-0.1, -0.05) is 25.1 Å². The summed E-state index contributed by atoms with van der Waals surface area (Å²) >= 11 is 1.25. The fourth-order valence-electron chi connectivity index (χ4n) is 4.91. The number of thiazole rings is 1. The first kappa shape index (κ1) is 37.9. The molecule has 0 radical (unpaired) electrons. The van der Waals surface area contributed by atoms with E-state index in [-0.39, 0.29) is 49.3 Å². The van der Waals surface area contributed by atoms with E-state index in [1.54, 1.807) is 55.6 Å². The van der Waals surface area contributed by atoms with Gasteiger partial charge in [-0.05, 0) is 36.4 Å². The van der Waals surface area contributed by atoms with Gasteiger partial charge in [0.05, 0.1) is 28.9 Å². The zero-order chi connectivity index (χ0) is 33.0. The number of hydrogen-bond donors (Lipinski definition) is 2. The maximum absolute atomic E-state index is 15.2. The van der Waals surface area contributed by atoms with Crippen LogP contribution in [0.3, 0.4) is 0 Å². The molecule has 2 N–H and O–H groups in total. The van der Waals surface area contributed by atoms with Crippen LogP contribution in [-0.4, -0.2) is 43.1 Å². The van der Waals surface area contributed by atoms with Gasteiger partial charge < -0.3 is 27.4 Å². The number of hydrogen-bond acceptors (Lipinski definition) is 9. The number of aromatic nitrogens is 5. The second kappa shape index (κ2) is 16.1. The second-order valence-electron chi connectivity index (χ2n) is 10.6. The van der Waals surface area contributed by atoms with E-state index in [9.17, 15) is 19.4 Å². The van der Waals surface area contributed by atoms with Gasteiger partial charge >= 0.3 is 6.09 Å². The van der Waals surface area contributed by atoms with Gasteiger partial charge in [0.2, 0.25) is 12.6 Å². The number of ether oxygens (including phenoxy) is 1. The van der Waals surface area contributed by atoms with Crippen molar-refractivity contribution in [2.24, 2.45) is 0 Å². The topological polar surface area (TPSA) is 141 Å². The molecule has 0 aliphatic heterocycles. The predicted octanol–water partition coefficient (Wildman–Crippen LogP) is 2.24. The van der Waals surface area contributed by atoms with E-state index in [0.717, 1.165) is 23.8 Å². The zero-order valence-corrected chi connectivity index (χ0v) is 28.3. The molecule has 5 rings (SSSR count). The Labute approximate surface area is 291 Å². The van der Waals surface area contributed by atoms with E-state index in [4.69, 9.17) is 10.00 Å². The number of anilines is 1. The van der Waals surface area contributed by atoms with E-state index >= 15 is 4.39 Å². The van der Waals surface area contributed by atoms with Crippen LogP contribution in [0.25, 0.3) is 11.3 Å². The zero-order valence-electron chi connectivity index (χ0n) is 25.9. The van der Waals surface area contributed by atoms with Crippen LogP contribution >= 0.6 is 23.7 Å². The number of nitriles is 1. The third kappa shape index (κ3) is 7.95. The summed E-state index contributed by atoms with van der Waals surface area (Å²) in [5.41, 5.74) is 0.0148. The fraction of sp³-hybridized carbons (Fsp3) is 0.250. The van der Waals surface area contributed by atoms with Crippen LogP contribution in [-0.2, 0) is 23.5 Å². The standard InChI is InChI=1S/C32H30F2N7O4S.2ClH/c1-20(30-38-28(16-46-30)23-8-6-22(14-35)7-9-23)32(44,26-13-25(33)10-11-27(26)34)17-41-19-40(18-37-41)21(2)45-31(43)39(3)29-24(15-42)5-4-12-36-29;;/h4-13,16,18-21,42,44H,15,17H2,1-3H3;2*1H/q+1;;/p-1. The van der Waals surface area contributed by atoms with E-state index in [1.807, 2.05) is 0 Å². The number of aliphatic hydroxyl groups is 2. The van der Waals surface area contributed by atoms with Crippen molar-refractivity contribution < 1.29 is 45.5 Å². The van der Waals surface area contributed by atoms with Crippen LogP contribution in [0, 0.1) is 23.0 Å². The molecule has 0 saturated heterocycles. The Hall–Kier alpha value is -4.52. The average molecular weight is 719 g/mol. The van der Waals surface area contributed by atoms with Crippen molar-refractivity contribution >= 4 is 35.7 Å². The first-order chi connectivity index (χ1) is 22.0. The Morgan fingerprint density at radius 3 is 2.62 bits per heavy atom. The number of carbonyl (C=O) groups is 1. The van der Waals surface area contributed by atoms with Gasteiger partial charge in [0.1, 0.15) is 29.6 Å². The minimum atomic E-state index is -2.02. The normalized spacial score (nSPS) is 13.2. The third-order valence-electron chi connectivity index (χ3n) is 7.64. The molecule has 252 valence electrons. The molecule has 2 aromatic carbocycles. The Morgan fingerprint density at radius 1 is 1.21 bits per heavy atom. The molecule has 5 aromatic rings. The highest BCUT2D eigenvalue weighted by atomic mass is 35.5. The average Bonchev–Trinajstić information content (AvgIpc) is 3.75. The van der Waals surface area contributed by atoms with Crippen LogP contribution in [0.4, 0.5) is 19.4 Å². The van der Waals surface area contributed by atoms with Crippen LogP contribution in [0.5, 0.6) is 0 Å². The largest absolute Gasteiger partial charge is 1.00 e. The van der Waals surface area contributed by atoms with Gasteiger partial charge in [-0.15, -0.1) is 28.4 Å². The first-order valence-corrected chi connectivity index (χ1v) is 15.0. The molecule has 0 fully saturated rings. The molecule has 0 spiro atoms. The van der Waals surface area contributed by atoms with E-state index in [2.05, 4.69) is 21.1 Å². The molecule has 0 bridgehead atoms. The smallest absolute Gasteiger partial charge is 0.418 e. The lowest BCUT2D eigenvalue weighted by molar-refractivity contribution is -0.753. The van der Waals surface area contributed by atoms with E-state index in [0.29, 0.717) is 21.8 Å². The van der Waals surface area contributed by atoms with Crippen LogP contribution in [0.15, 0.2) is 78.8 Å². The lowest BCUT2D eigenvalue weighted by atomic mass is 9.82. The third-order valence-corrected chi connectivity index (χ3v) is 8.66. The molecule has 3 aromatic heterocycles. The van der Waals surface area contributed by atoms with Crippen molar-refractivity contribution in [1.29, 1.82) is 5.26 Å². The highest BCUT2D eigenvalue weighted by molar-refractivity contribution is 7.10. The minimum absolute atomic E-state index is 0. The van der Waals surface area contributed by atoms with Crippen molar-refractivity contribution in [3.63, 3.8) is 0 Å². The number of benzene rings is 2. The van der Waals surface area contributed by atoms with Gasteiger partial charge in [0.15, 0.2) is 0 Å². The van der Waals surface area contributed by atoms with Crippen molar-refractivity contribution in [3.8, 4) is 17.3 Å². The molecular weight excluding hydrogens is 687 g/mol. The Morgan fingerprint density at radius 2 is 1.94 bits per heavy atom. The maximum atomic E-state index is 15.2. The highest BCUT2D eigenvalue weighted by Gasteiger charge is 2.43. The summed E-state index contributed by atoms with van der Waals surface area (Å²) in [7, 11) is 1.46. The van der Waals surface area contributed by atoms with Gasteiger partial charge in [-0.25, -0.2) is 23.5 Å². The summed E-state index contributed by atoms with van der Waals surface area (Å²) in [5, 5.41) is 37.4. The van der Waals surface area contributed by atoms with Gasteiger partial charge in [-0.3, -0.25) is 4.90 Å². The number of nitrogens with zero attached hydrogens (tertiary/aromatic N) is 7. The molecule has 0 aliphatic rings. The quantitative estimate of drug-likeness (QED) is 0.210. The van der Waals surface area contributed by atoms with Crippen molar-refractivity contribution in [3.05, 3.63) is 112 Å². The number of aliphatic hydroxyl groups excluding tert-OH is 1. The van der Waals surface area contributed by atoms with E-state index in [1.165, 1.54) is 51.4 Å². The molecule has 0 aliphatic carbocycles. The monoisotopic (exact) mass is 717 g/mol. The Bertz CT molecular complexity index is 1900. The minimum Gasteiger partial charge on any atom is -1.00 e. The highest BCUT2D eigenvalue weighted by Crippen LogP contribution is 2.41. The maximum Gasteiger partial charge on any atom is 0.418 e. The molecule has 3 unspecified atom stereocenters. The molecule has 3 heterocycles. The van der Waals surface area contributed by atoms with Crippen molar-refractivity contribution in [2.45, 2.75) is 44.7 Å². The molecule has 3 atom stereocenters. The molecule has 1 amide bonds. The summed E-state index contributed by atoms with van der Waals surface area (Å²) in [6, 6.07) is 15.1. The van der Waals surface area contributed by atoms with Crippen LogP contribution < -0.4 is 21.9 Å². The summed E-state index contributed by atoms with van der Waals surface area (Å²) in [4.78, 5) is 22.9. The number of rotatable bonds is 10. The van der Waals surface area contributed by atoms with Gasteiger partial charge in [-0.2, -0.15) is 9.83 Å². The van der Waals surface area contributed by atoms with Crippen LogP contribution in [0.1, 0.15) is 47.7 Å². The Balaban J connectivity index is 0.00000312. The summed E-state index contributed by atoms with van der Waals surface area (Å²) in [6.45, 7) is 2.65. The second-order valence-corrected chi connectivity index (χ2v) is 11.5. The lowest BCUT2D eigenvalue weighted by Crippen LogP contribution is -3.00. The summed E-state index contributed by atoms with van der Waals surface area (Å²) < 4.78 is 38.0. The van der Waals surface area contributed by atoms with Crippen LogP contribution in [0.2, 0.25) is 0 Å². The van der Waals surface area contributed by atoms with Gasteiger partial charge in [0.25, 0.3) is 6.33 Å². The molecular formula is C32H31Cl2F2N7O4S. The molecule has 11 nitrogen and oxygen atoms in total.